The highest BCUT2D eigenvalue weighted by molar-refractivity contribution is 5.86. The summed E-state index contributed by atoms with van der Waals surface area (Å²) in [6, 6.07) is 9.28. The van der Waals surface area contributed by atoms with Crippen LogP contribution in [0.25, 0.3) is 28.0 Å². The summed E-state index contributed by atoms with van der Waals surface area (Å²) < 4.78 is 13.4. The summed E-state index contributed by atoms with van der Waals surface area (Å²) in [7, 11) is 0. The average Bonchev–Trinajstić information content (AvgIpc) is 3.34. The molecule has 1 aliphatic heterocycles. The summed E-state index contributed by atoms with van der Waals surface area (Å²) in [6.45, 7) is 3.81. The second-order valence-electron chi connectivity index (χ2n) is 7.40. The largest absolute Gasteiger partial charge is 0.491 e. The highest BCUT2D eigenvalue weighted by atomic mass is 16.6. The van der Waals surface area contributed by atoms with Crippen LogP contribution in [0.4, 0.5) is 5.82 Å². The molecule has 4 heterocycles. The highest BCUT2D eigenvalue weighted by Crippen LogP contribution is 2.33. The standard InChI is InChI=1S/C22H21N5O4/c1-2-12-7-13-3-4-14(8-16(13)24-9-12)30-10-17-18(28)19(29)22(31-17)27-6-5-15-20(23)25-11-26-21(15)27/h2-9,11,17-19,22,28-29H,1,10H2,(H2,23,25,26)/t17-,18-,19-,22-/m1/s1. The number of aliphatic hydroxyl groups excluding tert-OH is 2. The molecule has 5 rings (SSSR count). The molecule has 158 valence electrons. The molecule has 3 aromatic heterocycles. The molecule has 1 saturated heterocycles. The molecule has 1 aliphatic rings. The molecule has 0 amide bonds. The van der Waals surface area contributed by atoms with Gasteiger partial charge in [0.1, 0.15) is 48.5 Å². The van der Waals surface area contributed by atoms with Gasteiger partial charge in [-0.1, -0.05) is 12.7 Å². The van der Waals surface area contributed by atoms with E-state index in [1.807, 2.05) is 24.3 Å². The number of nitrogen functional groups attached to an aromatic ring is 1. The fourth-order valence-electron chi connectivity index (χ4n) is 3.79. The number of fused-ring (bicyclic) bond motifs is 2. The first kappa shape index (κ1) is 19.4. The van der Waals surface area contributed by atoms with Gasteiger partial charge in [-0.3, -0.25) is 4.98 Å². The first-order valence-electron chi connectivity index (χ1n) is 9.79. The van der Waals surface area contributed by atoms with E-state index in [1.54, 1.807) is 29.1 Å². The second kappa shape index (κ2) is 7.62. The highest BCUT2D eigenvalue weighted by Gasteiger charge is 2.44. The van der Waals surface area contributed by atoms with Gasteiger partial charge in [0.15, 0.2) is 6.23 Å². The molecule has 4 N–H and O–H groups in total. The fraction of sp³-hybridized carbons (Fsp3) is 0.227. The van der Waals surface area contributed by atoms with Gasteiger partial charge in [0.05, 0.1) is 10.9 Å². The van der Waals surface area contributed by atoms with Gasteiger partial charge in [0, 0.05) is 23.8 Å². The predicted octanol–water partition coefficient (Wildman–Crippen LogP) is 1.90. The lowest BCUT2D eigenvalue weighted by Gasteiger charge is -2.17. The topological polar surface area (TPSA) is 129 Å². The lowest BCUT2D eigenvalue weighted by Crippen LogP contribution is -2.34. The van der Waals surface area contributed by atoms with E-state index in [0.29, 0.717) is 22.6 Å². The number of anilines is 1. The molecule has 31 heavy (non-hydrogen) atoms. The Morgan fingerprint density at radius 3 is 2.87 bits per heavy atom. The number of ether oxygens (including phenoxy) is 2. The Kier molecular flexibility index (Phi) is 4.78. The molecule has 0 unspecified atom stereocenters. The van der Waals surface area contributed by atoms with E-state index in [4.69, 9.17) is 15.2 Å². The number of nitrogens with two attached hydrogens (primary N) is 1. The monoisotopic (exact) mass is 419 g/mol. The number of pyridine rings is 1. The molecule has 0 aliphatic carbocycles. The van der Waals surface area contributed by atoms with Crippen molar-refractivity contribution in [1.82, 2.24) is 19.5 Å². The van der Waals surface area contributed by atoms with E-state index in [0.717, 1.165) is 16.5 Å². The number of benzene rings is 1. The minimum atomic E-state index is -1.16. The van der Waals surface area contributed by atoms with Crippen LogP contribution in [-0.2, 0) is 4.74 Å². The summed E-state index contributed by atoms with van der Waals surface area (Å²) in [5.41, 5.74) is 8.12. The van der Waals surface area contributed by atoms with Crippen LogP contribution in [0.3, 0.4) is 0 Å². The van der Waals surface area contributed by atoms with Gasteiger partial charge in [-0.25, -0.2) is 9.97 Å². The van der Waals surface area contributed by atoms with Crippen LogP contribution in [-0.4, -0.2) is 54.7 Å². The first-order valence-corrected chi connectivity index (χ1v) is 9.79. The van der Waals surface area contributed by atoms with Crippen LogP contribution in [0, 0.1) is 0 Å². The molecule has 9 heteroatoms. The number of aliphatic hydroxyl groups is 2. The minimum absolute atomic E-state index is 0.0568. The van der Waals surface area contributed by atoms with Crippen LogP contribution < -0.4 is 10.5 Å². The van der Waals surface area contributed by atoms with Crippen molar-refractivity contribution in [3.63, 3.8) is 0 Å². The van der Waals surface area contributed by atoms with Crippen LogP contribution in [0.5, 0.6) is 5.75 Å². The second-order valence-corrected chi connectivity index (χ2v) is 7.40. The number of hydrogen-bond acceptors (Lipinski definition) is 8. The zero-order valence-corrected chi connectivity index (χ0v) is 16.5. The van der Waals surface area contributed by atoms with E-state index in [2.05, 4.69) is 21.5 Å². The molecular formula is C22H21N5O4. The number of rotatable bonds is 5. The minimum Gasteiger partial charge on any atom is -0.491 e. The summed E-state index contributed by atoms with van der Waals surface area (Å²) in [4.78, 5) is 12.6. The van der Waals surface area contributed by atoms with Gasteiger partial charge in [-0.15, -0.1) is 0 Å². The number of aromatic nitrogens is 4. The summed E-state index contributed by atoms with van der Waals surface area (Å²) in [5.74, 6) is 0.925. The van der Waals surface area contributed by atoms with Crippen LogP contribution in [0.2, 0.25) is 0 Å². The van der Waals surface area contributed by atoms with E-state index in [-0.39, 0.29) is 6.61 Å². The van der Waals surface area contributed by atoms with E-state index < -0.39 is 24.5 Å². The SMILES string of the molecule is C=Cc1cnc2cc(OC[C@H]3O[C@@H](n4ccc5c(N)ncnc54)[C@H](O)[C@@H]3O)ccc2c1. The Labute approximate surface area is 177 Å². The average molecular weight is 419 g/mol. The Bertz CT molecular complexity index is 1270. The zero-order chi connectivity index (χ0) is 21.5. The maximum Gasteiger partial charge on any atom is 0.164 e. The van der Waals surface area contributed by atoms with Gasteiger partial charge in [0.2, 0.25) is 0 Å². The van der Waals surface area contributed by atoms with Gasteiger partial charge in [0.25, 0.3) is 0 Å². The van der Waals surface area contributed by atoms with Crippen LogP contribution >= 0.6 is 0 Å². The third-order valence-corrected chi connectivity index (χ3v) is 5.48. The van der Waals surface area contributed by atoms with Crippen LogP contribution in [0.1, 0.15) is 11.8 Å². The lowest BCUT2D eigenvalue weighted by molar-refractivity contribution is -0.0471. The molecule has 0 saturated carbocycles. The fourth-order valence-corrected chi connectivity index (χ4v) is 3.79. The maximum absolute atomic E-state index is 10.6. The van der Waals surface area contributed by atoms with Gasteiger partial charge >= 0.3 is 0 Å². The summed E-state index contributed by atoms with van der Waals surface area (Å²) in [6.07, 6.45) is 2.68. The van der Waals surface area contributed by atoms with Crippen LogP contribution in [0.15, 0.2) is 55.6 Å². The molecule has 0 spiro atoms. The van der Waals surface area contributed by atoms with Gasteiger partial charge in [-0.2, -0.15) is 0 Å². The third-order valence-electron chi connectivity index (χ3n) is 5.48. The molecule has 1 fully saturated rings. The summed E-state index contributed by atoms with van der Waals surface area (Å²) in [5, 5.41) is 22.7. The van der Waals surface area contributed by atoms with Crippen molar-refractivity contribution in [3.05, 3.63) is 61.2 Å². The third kappa shape index (κ3) is 3.38. The van der Waals surface area contributed by atoms with Crippen molar-refractivity contribution in [2.24, 2.45) is 0 Å². The first-order chi connectivity index (χ1) is 15.0. The van der Waals surface area contributed by atoms with Crippen molar-refractivity contribution < 1.29 is 19.7 Å². The Hall–Kier alpha value is -3.53. The maximum atomic E-state index is 10.6. The number of nitrogens with zero attached hydrogens (tertiary/aromatic N) is 4. The number of hydrogen-bond donors (Lipinski definition) is 3. The molecule has 4 atom stereocenters. The van der Waals surface area contributed by atoms with Crippen molar-refractivity contribution in [2.45, 2.75) is 24.5 Å². The molecule has 1 aromatic carbocycles. The normalized spacial score (nSPS) is 23.4. The molecule has 4 aromatic rings. The van der Waals surface area contributed by atoms with E-state index in [1.165, 1.54) is 6.33 Å². The van der Waals surface area contributed by atoms with Crippen molar-refractivity contribution >= 4 is 33.8 Å². The van der Waals surface area contributed by atoms with Gasteiger partial charge in [-0.05, 0) is 29.8 Å². The predicted molar refractivity (Wildman–Crippen MR) is 115 cm³/mol. The van der Waals surface area contributed by atoms with Crippen molar-refractivity contribution in [2.75, 3.05) is 12.3 Å². The summed E-state index contributed by atoms with van der Waals surface area (Å²) >= 11 is 0. The molecule has 0 bridgehead atoms. The van der Waals surface area contributed by atoms with Gasteiger partial charge < -0.3 is 30.0 Å². The Morgan fingerprint density at radius 1 is 1.16 bits per heavy atom. The molecule has 0 radical (unpaired) electrons. The zero-order valence-electron chi connectivity index (χ0n) is 16.5. The van der Waals surface area contributed by atoms with Crippen molar-refractivity contribution in [3.8, 4) is 5.75 Å². The smallest absolute Gasteiger partial charge is 0.164 e. The lowest BCUT2D eigenvalue weighted by atomic mass is 10.1. The Balaban J connectivity index is 1.33. The Morgan fingerprint density at radius 2 is 2.03 bits per heavy atom. The molecule has 9 nitrogen and oxygen atoms in total. The molecular weight excluding hydrogens is 398 g/mol. The van der Waals surface area contributed by atoms with E-state index >= 15 is 0 Å². The van der Waals surface area contributed by atoms with E-state index in [9.17, 15) is 10.2 Å². The van der Waals surface area contributed by atoms with Crippen molar-refractivity contribution in [1.29, 1.82) is 0 Å². The quantitative estimate of drug-likeness (QED) is 0.447.